The van der Waals surface area contributed by atoms with Crippen LogP contribution < -0.4 is 10.6 Å². The molecule has 35 heavy (non-hydrogen) atoms. The number of benzene rings is 3. The van der Waals surface area contributed by atoms with Crippen molar-refractivity contribution in [1.82, 2.24) is 0 Å². The number of rotatable bonds is 9. The van der Waals surface area contributed by atoms with E-state index >= 15 is 0 Å². The standard InChI is InChI=1S/C31H36N2O2/c1-20(2)16-17-32-26-12-8-24(9-13-26)28-18-21(3)29(30(22(28)4)31(34)35-5)25-10-14-27(15-11-25)33-19-23-6-7-23/h8-16,18,23,32-33H,6-7,17,19H2,1-5H3. The highest BCUT2D eigenvalue weighted by molar-refractivity contribution is 6.02. The summed E-state index contributed by atoms with van der Waals surface area (Å²) in [5.74, 6) is 0.513. The second kappa shape index (κ2) is 10.8. The summed E-state index contributed by atoms with van der Waals surface area (Å²) in [4.78, 5) is 13.0. The van der Waals surface area contributed by atoms with E-state index in [4.69, 9.17) is 4.74 Å². The normalized spacial score (nSPS) is 12.7. The van der Waals surface area contributed by atoms with Crippen molar-refractivity contribution in [3.63, 3.8) is 0 Å². The van der Waals surface area contributed by atoms with Gasteiger partial charge in [0.05, 0.1) is 12.7 Å². The summed E-state index contributed by atoms with van der Waals surface area (Å²) in [5, 5.41) is 6.93. The lowest BCUT2D eigenvalue weighted by Crippen LogP contribution is -2.09. The molecule has 0 amide bonds. The van der Waals surface area contributed by atoms with Crippen molar-refractivity contribution in [1.29, 1.82) is 0 Å². The van der Waals surface area contributed by atoms with Crippen LogP contribution in [0.2, 0.25) is 0 Å². The highest BCUT2D eigenvalue weighted by Crippen LogP contribution is 2.37. The smallest absolute Gasteiger partial charge is 0.338 e. The molecule has 4 nitrogen and oxygen atoms in total. The summed E-state index contributed by atoms with van der Waals surface area (Å²) in [5.41, 5.74) is 10.2. The van der Waals surface area contributed by atoms with Crippen LogP contribution in [0, 0.1) is 19.8 Å². The van der Waals surface area contributed by atoms with Crippen LogP contribution in [-0.2, 0) is 4.74 Å². The fourth-order valence-electron chi connectivity index (χ4n) is 4.42. The molecular weight excluding hydrogens is 432 g/mol. The van der Waals surface area contributed by atoms with Gasteiger partial charge < -0.3 is 15.4 Å². The molecular formula is C31H36N2O2. The lowest BCUT2D eigenvalue weighted by Gasteiger charge is -2.19. The summed E-state index contributed by atoms with van der Waals surface area (Å²) in [7, 11) is 1.45. The van der Waals surface area contributed by atoms with Crippen molar-refractivity contribution in [2.45, 2.75) is 40.5 Å². The predicted molar refractivity (Wildman–Crippen MR) is 147 cm³/mol. The number of hydrogen-bond donors (Lipinski definition) is 2. The van der Waals surface area contributed by atoms with E-state index in [1.54, 1.807) is 0 Å². The Balaban J connectivity index is 1.66. The van der Waals surface area contributed by atoms with E-state index in [1.807, 2.05) is 6.92 Å². The fourth-order valence-corrected chi connectivity index (χ4v) is 4.42. The molecule has 0 unspecified atom stereocenters. The van der Waals surface area contributed by atoms with Crippen molar-refractivity contribution in [3.05, 3.63) is 82.9 Å². The maximum Gasteiger partial charge on any atom is 0.338 e. The Morgan fingerprint density at radius 2 is 1.54 bits per heavy atom. The summed E-state index contributed by atoms with van der Waals surface area (Å²) in [6, 6.07) is 18.9. The molecule has 0 atom stereocenters. The SMILES string of the molecule is COC(=O)c1c(C)c(-c2ccc(NCC=C(C)C)cc2)cc(C)c1-c1ccc(NCC2CC2)cc1. The van der Waals surface area contributed by atoms with Crippen LogP contribution in [0.5, 0.6) is 0 Å². The number of esters is 1. The molecule has 0 radical (unpaired) electrons. The molecule has 0 aromatic heterocycles. The van der Waals surface area contributed by atoms with Crippen molar-refractivity contribution in [3.8, 4) is 22.3 Å². The third kappa shape index (κ3) is 5.94. The minimum absolute atomic E-state index is 0.307. The fraction of sp³-hybridized carbons (Fsp3) is 0.323. The van der Waals surface area contributed by atoms with Crippen LogP contribution in [0.4, 0.5) is 11.4 Å². The monoisotopic (exact) mass is 468 g/mol. The Bertz CT molecular complexity index is 1220. The van der Waals surface area contributed by atoms with Gasteiger partial charge in [-0.2, -0.15) is 0 Å². The Morgan fingerprint density at radius 1 is 0.943 bits per heavy atom. The van der Waals surface area contributed by atoms with Gasteiger partial charge in [-0.25, -0.2) is 4.79 Å². The lowest BCUT2D eigenvalue weighted by molar-refractivity contribution is 0.0601. The van der Waals surface area contributed by atoms with Crippen molar-refractivity contribution in [2.24, 2.45) is 5.92 Å². The largest absolute Gasteiger partial charge is 0.465 e. The Morgan fingerprint density at radius 3 is 2.11 bits per heavy atom. The van der Waals surface area contributed by atoms with Gasteiger partial charge in [0.2, 0.25) is 0 Å². The van der Waals surface area contributed by atoms with Crippen LogP contribution in [-0.4, -0.2) is 26.2 Å². The number of hydrogen-bond acceptors (Lipinski definition) is 4. The molecule has 0 spiro atoms. The maximum atomic E-state index is 13.0. The van der Waals surface area contributed by atoms with Gasteiger partial charge in [0, 0.05) is 24.5 Å². The van der Waals surface area contributed by atoms with E-state index < -0.39 is 0 Å². The Kier molecular flexibility index (Phi) is 7.60. The summed E-state index contributed by atoms with van der Waals surface area (Å²) in [6.07, 6.45) is 4.82. The van der Waals surface area contributed by atoms with Crippen LogP contribution >= 0.6 is 0 Å². The molecule has 0 aliphatic heterocycles. The minimum Gasteiger partial charge on any atom is -0.465 e. The molecule has 1 aliphatic rings. The number of carbonyl (C=O) groups is 1. The first kappa shape index (κ1) is 24.6. The van der Waals surface area contributed by atoms with E-state index in [2.05, 4.69) is 92.1 Å². The molecule has 4 heteroatoms. The van der Waals surface area contributed by atoms with E-state index in [0.29, 0.717) is 5.56 Å². The van der Waals surface area contributed by atoms with Crippen LogP contribution in [0.1, 0.15) is 48.2 Å². The maximum absolute atomic E-state index is 13.0. The Hall–Kier alpha value is -3.53. The number of methoxy groups -OCH3 is 1. The van der Waals surface area contributed by atoms with Gasteiger partial charge in [0.15, 0.2) is 0 Å². The summed E-state index contributed by atoms with van der Waals surface area (Å²) in [6.45, 7) is 10.1. The number of ether oxygens (including phenoxy) is 1. The van der Waals surface area contributed by atoms with E-state index in [9.17, 15) is 4.79 Å². The zero-order valence-electron chi connectivity index (χ0n) is 21.5. The van der Waals surface area contributed by atoms with Gasteiger partial charge in [0.25, 0.3) is 0 Å². The first-order valence-corrected chi connectivity index (χ1v) is 12.4. The predicted octanol–water partition coefficient (Wildman–Crippen LogP) is 7.62. The van der Waals surface area contributed by atoms with Crippen LogP contribution in [0.25, 0.3) is 22.3 Å². The third-order valence-electron chi connectivity index (χ3n) is 6.65. The molecule has 0 bridgehead atoms. The molecule has 1 aliphatic carbocycles. The zero-order valence-corrected chi connectivity index (χ0v) is 21.5. The van der Waals surface area contributed by atoms with Gasteiger partial charge in [0.1, 0.15) is 0 Å². The van der Waals surface area contributed by atoms with Crippen LogP contribution in [0.3, 0.4) is 0 Å². The average molecular weight is 469 g/mol. The summed E-state index contributed by atoms with van der Waals surface area (Å²) < 4.78 is 5.24. The minimum atomic E-state index is -0.307. The third-order valence-corrected chi connectivity index (χ3v) is 6.65. The Labute approximate surface area is 209 Å². The number of allylic oxidation sites excluding steroid dienone is 1. The highest BCUT2D eigenvalue weighted by atomic mass is 16.5. The number of carbonyl (C=O) groups excluding carboxylic acids is 1. The van der Waals surface area contributed by atoms with Crippen LogP contribution in [0.15, 0.2) is 66.2 Å². The molecule has 4 rings (SSSR count). The van der Waals surface area contributed by atoms with E-state index in [0.717, 1.165) is 63.8 Å². The molecule has 0 heterocycles. The topological polar surface area (TPSA) is 50.4 Å². The molecule has 1 saturated carbocycles. The quantitative estimate of drug-likeness (QED) is 0.250. The number of aryl methyl sites for hydroxylation is 1. The van der Waals surface area contributed by atoms with Crippen molar-refractivity contribution < 1.29 is 9.53 Å². The molecule has 3 aromatic carbocycles. The van der Waals surface area contributed by atoms with E-state index in [1.165, 1.54) is 25.5 Å². The number of nitrogens with one attached hydrogen (secondary N) is 2. The molecule has 182 valence electrons. The molecule has 2 N–H and O–H groups in total. The molecule has 0 saturated heterocycles. The number of anilines is 2. The second-order valence-electron chi connectivity index (χ2n) is 9.75. The van der Waals surface area contributed by atoms with Gasteiger partial charge in [-0.1, -0.05) is 42.0 Å². The highest BCUT2D eigenvalue weighted by Gasteiger charge is 2.23. The van der Waals surface area contributed by atoms with E-state index in [-0.39, 0.29) is 5.97 Å². The van der Waals surface area contributed by atoms with Crippen molar-refractivity contribution in [2.75, 3.05) is 30.8 Å². The van der Waals surface area contributed by atoms with Gasteiger partial charge in [-0.3, -0.25) is 0 Å². The average Bonchev–Trinajstić information content (AvgIpc) is 3.68. The van der Waals surface area contributed by atoms with Gasteiger partial charge >= 0.3 is 5.97 Å². The van der Waals surface area contributed by atoms with Gasteiger partial charge in [-0.15, -0.1) is 0 Å². The second-order valence-corrected chi connectivity index (χ2v) is 9.75. The lowest BCUT2D eigenvalue weighted by atomic mass is 9.86. The first-order valence-electron chi connectivity index (χ1n) is 12.4. The first-order chi connectivity index (χ1) is 16.9. The van der Waals surface area contributed by atoms with Gasteiger partial charge in [-0.05, 0) is 104 Å². The van der Waals surface area contributed by atoms with Crippen molar-refractivity contribution >= 4 is 17.3 Å². The summed E-state index contributed by atoms with van der Waals surface area (Å²) >= 11 is 0. The zero-order chi connectivity index (χ0) is 24.9. The molecule has 3 aromatic rings. The molecule has 1 fully saturated rings.